The molecule has 5 atom stereocenters. The number of fused-ring (bicyclic) bond motifs is 6. The molecular formula is C19H18N2O3S2. The van der Waals surface area contributed by atoms with Crippen molar-refractivity contribution >= 4 is 34.9 Å². The summed E-state index contributed by atoms with van der Waals surface area (Å²) in [7, 11) is 0. The molecule has 0 amide bonds. The summed E-state index contributed by atoms with van der Waals surface area (Å²) in [5.41, 5.74) is 0.751. The molecule has 1 aromatic heterocycles. The predicted molar refractivity (Wildman–Crippen MR) is 104 cm³/mol. The number of nitro benzene ring substituents is 1. The van der Waals surface area contributed by atoms with Gasteiger partial charge in [-0.15, -0.1) is 11.8 Å². The fourth-order valence-electron chi connectivity index (χ4n) is 5.12. The molecule has 0 saturated heterocycles. The van der Waals surface area contributed by atoms with Crippen LogP contribution >= 0.6 is 23.1 Å². The van der Waals surface area contributed by atoms with Crippen LogP contribution in [0.1, 0.15) is 35.6 Å². The Hall–Kier alpha value is -1.86. The normalized spacial score (nSPS) is 31.9. The number of aromatic nitrogens is 1. The minimum Gasteiger partial charge on any atom is -0.307 e. The Bertz CT molecular complexity index is 964. The van der Waals surface area contributed by atoms with Crippen molar-refractivity contribution in [2.75, 3.05) is 0 Å². The Morgan fingerprint density at radius 2 is 2.04 bits per heavy atom. The quantitative estimate of drug-likeness (QED) is 0.615. The third-order valence-electron chi connectivity index (χ3n) is 6.13. The number of thioether (sulfide) groups is 1. The molecule has 2 heterocycles. The number of allylic oxidation sites excluding steroid dienone is 1. The van der Waals surface area contributed by atoms with E-state index in [1.165, 1.54) is 36.7 Å². The van der Waals surface area contributed by atoms with Crippen LogP contribution in [0.4, 0.5) is 5.69 Å². The van der Waals surface area contributed by atoms with E-state index in [0.29, 0.717) is 22.6 Å². The zero-order valence-corrected chi connectivity index (χ0v) is 15.6. The number of rotatable bonds is 3. The highest BCUT2D eigenvalue weighted by atomic mass is 32.2. The van der Waals surface area contributed by atoms with Crippen LogP contribution in [0.15, 0.2) is 40.2 Å². The van der Waals surface area contributed by atoms with E-state index in [1.54, 1.807) is 12.1 Å². The average Bonchev–Trinajstić information content (AvgIpc) is 3.32. The summed E-state index contributed by atoms with van der Waals surface area (Å²) in [4.78, 5) is 27.0. The van der Waals surface area contributed by atoms with Gasteiger partial charge in [0.2, 0.25) is 0 Å². The first-order chi connectivity index (χ1) is 12.6. The maximum absolute atomic E-state index is 12.0. The van der Waals surface area contributed by atoms with E-state index in [9.17, 15) is 14.9 Å². The average molecular weight is 386 g/mol. The minimum absolute atomic E-state index is 0.00101. The monoisotopic (exact) mass is 386 g/mol. The summed E-state index contributed by atoms with van der Waals surface area (Å²) in [6, 6.07) is 6.83. The lowest BCUT2D eigenvalue weighted by Gasteiger charge is -2.38. The maximum Gasteiger partial charge on any atom is 0.305 e. The van der Waals surface area contributed by atoms with Crippen LogP contribution in [0, 0.1) is 27.9 Å². The first kappa shape index (κ1) is 16.3. The van der Waals surface area contributed by atoms with Gasteiger partial charge in [0.15, 0.2) is 0 Å². The Balaban J connectivity index is 1.56. The van der Waals surface area contributed by atoms with E-state index >= 15 is 0 Å². The topological polar surface area (TPSA) is 76.0 Å². The number of thiazole rings is 1. The molecule has 1 aliphatic heterocycles. The second kappa shape index (κ2) is 6.09. The van der Waals surface area contributed by atoms with Gasteiger partial charge in [0.25, 0.3) is 5.69 Å². The molecule has 1 N–H and O–H groups in total. The van der Waals surface area contributed by atoms with Gasteiger partial charge in [-0.1, -0.05) is 35.6 Å². The molecule has 7 heteroatoms. The van der Waals surface area contributed by atoms with Crippen LogP contribution in [0.25, 0.3) is 6.08 Å². The van der Waals surface area contributed by atoms with Gasteiger partial charge in [-0.05, 0) is 43.1 Å². The van der Waals surface area contributed by atoms with E-state index in [4.69, 9.17) is 0 Å². The number of nitrogens with zero attached hydrogens (tertiary/aromatic N) is 1. The third kappa shape index (κ3) is 2.48. The molecule has 2 bridgehead atoms. The molecule has 1 aromatic carbocycles. The van der Waals surface area contributed by atoms with Crippen molar-refractivity contribution in [3.05, 3.63) is 60.6 Å². The lowest BCUT2D eigenvalue weighted by Crippen LogP contribution is -2.32. The van der Waals surface area contributed by atoms with E-state index in [2.05, 4.69) is 11.1 Å². The van der Waals surface area contributed by atoms with Crippen LogP contribution in [0.5, 0.6) is 0 Å². The van der Waals surface area contributed by atoms with Gasteiger partial charge in [0.1, 0.15) is 0 Å². The van der Waals surface area contributed by atoms with Gasteiger partial charge in [0, 0.05) is 22.1 Å². The van der Waals surface area contributed by atoms with E-state index < -0.39 is 0 Å². The summed E-state index contributed by atoms with van der Waals surface area (Å²) in [6.45, 7) is 0. The summed E-state index contributed by atoms with van der Waals surface area (Å²) in [5.74, 6) is 2.17. The molecule has 0 radical (unpaired) electrons. The van der Waals surface area contributed by atoms with Crippen molar-refractivity contribution in [1.82, 2.24) is 4.98 Å². The molecule has 5 rings (SSSR count). The fraction of sp³-hybridized carbons (Fsp3) is 0.421. The van der Waals surface area contributed by atoms with Crippen LogP contribution in [0.2, 0.25) is 0 Å². The van der Waals surface area contributed by atoms with Crippen molar-refractivity contribution in [2.45, 2.75) is 35.5 Å². The standard InChI is InChI=1S/C19H18N2O3S2/c22-19-20-18-17(26-19)13(15-11-5-6-12(9-11)16(15)25-18)8-7-10-3-1-2-4-14(10)21(23)24/h1-4,7-8,11-13,15-16H,5-6,9H2,(H,20,22)/b8-7+/t11-,12-,13-,15+,16+/m0/s1. The zero-order valence-electron chi connectivity index (χ0n) is 14.0. The molecule has 0 spiro atoms. The lowest BCUT2D eigenvalue weighted by molar-refractivity contribution is -0.385. The van der Waals surface area contributed by atoms with Crippen molar-refractivity contribution in [2.24, 2.45) is 17.8 Å². The third-order valence-corrected chi connectivity index (χ3v) is 8.77. The first-order valence-corrected chi connectivity index (χ1v) is 10.6. The minimum atomic E-state index is -0.336. The molecule has 2 saturated carbocycles. The van der Waals surface area contributed by atoms with Gasteiger partial charge in [-0.2, -0.15) is 0 Å². The van der Waals surface area contributed by atoms with Crippen LogP contribution in [-0.2, 0) is 0 Å². The van der Waals surface area contributed by atoms with E-state index in [-0.39, 0.29) is 21.4 Å². The van der Waals surface area contributed by atoms with E-state index in [1.807, 2.05) is 23.9 Å². The number of nitrogens with one attached hydrogen (secondary N) is 1. The number of nitro groups is 1. The molecule has 134 valence electrons. The van der Waals surface area contributed by atoms with Crippen LogP contribution < -0.4 is 4.87 Å². The summed E-state index contributed by atoms with van der Waals surface area (Å²) in [5, 5.41) is 12.9. The highest BCUT2D eigenvalue weighted by Gasteiger charge is 2.53. The lowest BCUT2D eigenvalue weighted by atomic mass is 9.77. The summed E-state index contributed by atoms with van der Waals surface area (Å²) >= 11 is 3.16. The number of hydrogen-bond donors (Lipinski definition) is 1. The largest absolute Gasteiger partial charge is 0.307 e. The fourth-order valence-corrected chi connectivity index (χ4v) is 7.98. The molecule has 3 aliphatic rings. The first-order valence-electron chi connectivity index (χ1n) is 8.93. The smallest absolute Gasteiger partial charge is 0.305 e. The Morgan fingerprint density at radius 1 is 1.23 bits per heavy atom. The second-order valence-corrected chi connectivity index (χ2v) is 9.60. The van der Waals surface area contributed by atoms with Crippen LogP contribution in [0.3, 0.4) is 0 Å². The summed E-state index contributed by atoms with van der Waals surface area (Å²) < 4.78 is 0. The highest BCUT2D eigenvalue weighted by Crippen LogP contribution is 2.62. The van der Waals surface area contributed by atoms with Gasteiger partial charge >= 0.3 is 4.87 Å². The number of aromatic amines is 1. The molecule has 2 fully saturated rings. The zero-order chi connectivity index (χ0) is 17.8. The second-order valence-electron chi connectivity index (χ2n) is 7.40. The Morgan fingerprint density at radius 3 is 2.88 bits per heavy atom. The number of benzene rings is 1. The molecule has 0 unspecified atom stereocenters. The van der Waals surface area contributed by atoms with Gasteiger partial charge in [-0.25, -0.2) is 0 Å². The number of H-pyrrole nitrogens is 1. The van der Waals surface area contributed by atoms with Gasteiger partial charge in [0.05, 0.1) is 15.5 Å². The molecule has 5 nitrogen and oxygen atoms in total. The molecule has 26 heavy (non-hydrogen) atoms. The molecular weight excluding hydrogens is 368 g/mol. The van der Waals surface area contributed by atoms with Crippen molar-refractivity contribution in [1.29, 1.82) is 0 Å². The maximum atomic E-state index is 12.0. The van der Waals surface area contributed by atoms with Crippen molar-refractivity contribution < 1.29 is 4.92 Å². The van der Waals surface area contributed by atoms with E-state index in [0.717, 1.165) is 15.8 Å². The Kier molecular flexibility index (Phi) is 3.83. The number of hydrogen-bond acceptors (Lipinski definition) is 5. The summed E-state index contributed by atoms with van der Waals surface area (Å²) in [6.07, 6.45) is 7.86. The number of para-hydroxylation sites is 1. The molecule has 2 aromatic rings. The predicted octanol–water partition coefficient (Wildman–Crippen LogP) is 4.66. The van der Waals surface area contributed by atoms with Crippen LogP contribution in [-0.4, -0.2) is 15.2 Å². The van der Waals surface area contributed by atoms with Gasteiger partial charge < -0.3 is 4.98 Å². The van der Waals surface area contributed by atoms with Gasteiger partial charge in [-0.3, -0.25) is 14.9 Å². The van der Waals surface area contributed by atoms with Crippen molar-refractivity contribution in [3.63, 3.8) is 0 Å². The SMILES string of the molecule is O=c1[nH]c2c(s1)[C@@H](/C=C/c1ccccc1[N+](=O)[O-])[C@H]1[C@H]3CC[C@@H](C3)[C@H]1S2. The Labute approximate surface area is 158 Å². The van der Waals surface area contributed by atoms with Crippen molar-refractivity contribution in [3.8, 4) is 0 Å². The highest BCUT2D eigenvalue weighted by molar-refractivity contribution is 8.00. The molecule has 2 aliphatic carbocycles.